The molecule has 0 spiro atoms. The van der Waals surface area contributed by atoms with Gasteiger partial charge >= 0.3 is 0 Å². The van der Waals surface area contributed by atoms with Crippen LogP contribution in [0.3, 0.4) is 0 Å². The molecule has 0 aliphatic carbocycles. The van der Waals surface area contributed by atoms with E-state index in [0.717, 1.165) is 0 Å². The molecule has 42 valence electrons. The van der Waals surface area contributed by atoms with Crippen LogP contribution in [-0.2, 0) is 21.1 Å². The standard InChI is InChI=1S/C5H5N2.W/c6-5-2-1-3-7-4-5;/h1-2,4H,6H2;/q-1;. The van der Waals surface area contributed by atoms with Crippen LogP contribution >= 0.6 is 0 Å². The van der Waals surface area contributed by atoms with E-state index in [1.165, 1.54) is 0 Å². The van der Waals surface area contributed by atoms with Gasteiger partial charge in [-0.2, -0.15) is 6.07 Å². The third-order valence-electron chi connectivity index (χ3n) is 0.638. The summed E-state index contributed by atoms with van der Waals surface area (Å²) in [6.45, 7) is 0. The van der Waals surface area contributed by atoms with Gasteiger partial charge in [-0.15, -0.1) is 6.07 Å². The number of pyridine rings is 1. The summed E-state index contributed by atoms with van der Waals surface area (Å²) in [6.07, 6.45) is 4.16. The van der Waals surface area contributed by atoms with Crippen LogP contribution in [0.15, 0.2) is 18.3 Å². The number of hydrogen-bond donors (Lipinski definition) is 1. The first kappa shape index (κ1) is 7.64. The molecule has 0 fully saturated rings. The van der Waals surface area contributed by atoms with Crippen molar-refractivity contribution < 1.29 is 21.1 Å². The van der Waals surface area contributed by atoms with Crippen molar-refractivity contribution in [3.63, 3.8) is 0 Å². The quantitative estimate of drug-likeness (QED) is 0.700. The van der Waals surface area contributed by atoms with E-state index in [1.54, 1.807) is 18.3 Å². The van der Waals surface area contributed by atoms with Crippen LogP contribution in [0.5, 0.6) is 0 Å². The fourth-order valence-electron chi connectivity index (χ4n) is 0.331. The number of nitrogen functional groups attached to an aromatic ring is 1. The normalized spacial score (nSPS) is 7.50. The average Bonchev–Trinajstić information content (AvgIpc) is 1.69. The van der Waals surface area contributed by atoms with Crippen LogP contribution in [0.2, 0.25) is 0 Å². The summed E-state index contributed by atoms with van der Waals surface area (Å²) in [5.74, 6) is 0. The predicted octanol–water partition coefficient (Wildman–Crippen LogP) is 0.461. The third kappa shape index (κ3) is 2.08. The number of rotatable bonds is 0. The Balaban J connectivity index is 0.000000490. The van der Waals surface area contributed by atoms with Gasteiger partial charge in [0.25, 0.3) is 0 Å². The van der Waals surface area contributed by atoms with E-state index in [9.17, 15) is 0 Å². The second kappa shape index (κ2) is 3.62. The number of nitrogens with zero attached hydrogens (tertiary/aromatic N) is 1. The van der Waals surface area contributed by atoms with E-state index in [1.807, 2.05) is 0 Å². The first-order valence-electron chi connectivity index (χ1n) is 1.97. The van der Waals surface area contributed by atoms with E-state index in [-0.39, 0.29) is 21.1 Å². The molecule has 0 unspecified atom stereocenters. The van der Waals surface area contributed by atoms with Crippen LogP contribution in [0.4, 0.5) is 5.69 Å². The molecule has 2 N–H and O–H groups in total. The first-order valence-corrected chi connectivity index (χ1v) is 1.97. The van der Waals surface area contributed by atoms with Crippen LogP contribution in [-0.4, -0.2) is 4.98 Å². The van der Waals surface area contributed by atoms with Crippen molar-refractivity contribution in [1.82, 2.24) is 4.98 Å². The molecule has 8 heavy (non-hydrogen) atoms. The van der Waals surface area contributed by atoms with Crippen molar-refractivity contribution in [2.45, 2.75) is 0 Å². The van der Waals surface area contributed by atoms with Gasteiger partial charge in [0.05, 0.1) is 0 Å². The molecule has 0 saturated heterocycles. The molecular formula is C5H5N2W-. The van der Waals surface area contributed by atoms with Crippen LogP contribution in [0, 0.1) is 6.20 Å². The zero-order valence-electron chi connectivity index (χ0n) is 4.16. The molecule has 0 amide bonds. The van der Waals surface area contributed by atoms with Gasteiger partial charge in [-0.25, -0.2) is 0 Å². The van der Waals surface area contributed by atoms with Gasteiger partial charge in [0, 0.05) is 21.1 Å². The SMILES string of the molecule is Nc1cc[c-]nc1.[W]. The molecule has 0 aliphatic heterocycles. The molecule has 0 bridgehead atoms. The Hall–Kier alpha value is -0.362. The molecule has 1 aromatic rings. The maximum atomic E-state index is 5.28. The van der Waals surface area contributed by atoms with Gasteiger partial charge in [0.2, 0.25) is 0 Å². The van der Waals surface area contributed by atoms with E-state index in [2.05, 4.69) is 11.2 Å². The molecule has 1 aromatic heterocycles. The molecule has 0 radical (unpaired) electrons. The van der Waals surface area contributed by atoms with Crippen molar-refractivity contribution in [1.29, 1.82) is 0 Å². The zero-order chi connectivity index (χ0) is 5.11. The minimum absolute atomic E-state index is 0. The molecule has 2 nitrogen and oxygen atoms in total. The van der Waals surface area contributed by atoms with E-state index in [0.29, 0.717) is 5.69 Å². The van der Waals surface area contributed by atoms with E-state index >= 15 is 0 Å². The Morgan fingerprint density at radius 3 is 2.62 bits per heavy atom. The summed E-state index contributed by atoms with van der Waals surface area (Å²) in [6, 6.07) is 3.42. The van der Waals surface area contributed by atoms with Crippen molar-refractivity contribution in [2.24, 2.45) is 0 Å². The fourth-order valence-corrected chi connectivity index (χ4v) is 0.331. The van der Waals surface area contributed by atoms with Gasteiger partial charge in [0.1, 0.15) is 0 Å². The zero-order valence-corrected chi connectivity index (χ0v) is 7.10. The smallest absolute Gasteiger partial charge is 0 e. The molecule has 1 rings (SSSR count). The molecule has 0 saturated carbocycles. The summed E-state index contributed by atoms with van der Waals surface area (Å²) >= 11 is 0. The Kier molecular flexibility index (Phi) is 3.45. The monoisotopic (exact) mass is 277 g/mol. The number of nitrogens with two attached hydrogens (primary N) is 1. The summed E-state index contributed by atoms with van der Waals surface area (Å²) in [4.78, 5) is 3.63. The van der Waals surface area contributed by atoms with Gasteiger partial charge < -0.3 is 10.7 Å². The molecule has 0 atom stereocenters. The van der Waals surface area contributed by atoms with Crippen LogP contribution in [0.25, 0.3) is 0 Å². The number of aromatic nitrogens is 1. The number of anilines is 1. The van der Waals surface area contributed by atoms with Crippen molar-refractivity contribution >= 4 is 5.69 Å². The van der Waals surface area contributed by atoms with Gasteiger partial charge in [0.15, 0.2) is 0 Å². The van der Waals surface area contributed by atoms with Crippen LogP contribution in [0.1, 0.15) is 0 Å². The molecular weight excluding hydrogens is 272 g/mol. The Bertz CT molecular complexity index is 140. The predicted molar refractivity (Wildman–Crippen MR) is 27.5 cm³/mol. The maximum absolute atomic E-state index is 5.28. The molecule has 3 heteroatoms. The summed E-state index contributed by atoms with van der Waals surface area (Å²) in [5.41, 5.74) is 5.95. The van der Waals surface area contributed by atoms with Gasteiger partial charge in [-0.05, 0) is 0 Å². The second-order valence-corrected chi connectivity index (χ2v) is 1.22. The summed E-state index contributed by atoms with van der Waals surface area (Å²) in [7, 11) is 0. The van der Waals surface area contributed by atoms with Crippen molar-refractivity contribution in [3.8, 4) is 0 Å². The summed E-state index contributed by atoms with van der Waals surface area (Å²) < 4.78 is 0. The summed E-state index contributed by atoms with van der Waals surface area (Å²) in [5, 5.41) is 0. The Morgan fingerprint density at radius 1 is 1.62 bits per heavy atom. The Morgan fingerprint density at radius 2 is 2.38 bits per heavy atom. The minimum atomic E-state index is 0. The molecule has 0 aromatic carbocycles. The number of hydrogen-bond acceptors (Lipinski definition) is 2. The van der Waals surface area contributed by atoms with E-state index < -0.39 is 0 Å². The molecule has 1 heterocycles. The maximum Gasteiger partial charge on any atom is 0 e. The van der Waals surface area contributed by atoms with Crippen LogP contribution < -0.4 is 5.73 Å². The largest absolute Gasteiger partial charge is 0.418 e. The topological polar surface area (TPSA) is 38.9 Å². The van der Waals surface area contributed by atoms with Crippen molar-refractivity contribution in [2.75, 3.05) is 5.73 Å². The first-order chi connectivity index (χ1) is 3.39. The van der Waals surface area contributed by atoms with Gasteiger partial charge in [-0.1, -0.05) is 18.1 Å². The third-order valence-corrected chi connectivity index (χ3v) is 0.638. The Labute approximate surface area is 62.4 Å². The second-order valence-electron chi connectivity index (χ2n) is 1.22. The van der Waals surface area contributed by atoms with Gasteiger partial charge in [-0.3, -0.25) is 0 Å². The average molecular weight is 277 g/mol. The molecule has 0 aliphatic rings. The minimum Gasteiger partial charge on any atom is -0.418 e. The van der Waals surface area contributed by atoms with Crippen molar-refractivity contribution in [3.05, 3.63) is 24.5 Å². The fraction of sp³-hybridized carbons (Fsp3) is 0. The van der Waals surface area contributed by atoms with E-state index in [4.69, 9.17) is 5.73 Å².